The van der Waals surface area contributed by atoms with Crippen LogP contribution in [0, 0.1) is 13.8 Å². The number of nitrogens with one attached hydrogen (secondary N) is 1. The van der Waals surface area contributed by atoms with Crippen molar-refractivity contribution in [2.45, 2.75) is 72.6 Å². The molecule has 314 valence electrons. The Morgan fingerprint density at radius 3 is 1.23 bits per heavy atom. The van der Waals surface area contributed by atoms with Crippen molar-refractivity contribution in [1.82, 2.24) is 4.98 Å². The fourth-order valence-electron chi connectivity index (χ4n) is 7.56. The molecule has 7 aromatic carbocycles. The predicted molar refractivity (Wildman–Crippen MR) is 262 cm³/mol. The first kappa shape index (κ1) is 45.5. The van der Waals surface area contributed by atoms with Crippen LogP contribution in [0.3, 0.4) is 0 Å². The molecule has 0 fully saturated rings. The molecule has 0 aliphatic heterocycles. The largest absolute Gasteiger partial charge is 0.507 e. The molecule has 0 aliphatic rings. The summed E-state index contributed by atoms with van der Waals surface area (Å²) in [6.45, 7) is 17.7. The minimum absolute atomic E-state index is 0.0811. The first-order valence-corrected chi connectivity index (χ1v) is 23.6. The van der Waals surface area contributed by atoms with Crippen LogP contribution in [-0.4, -0.2) is 14.5 Å². The summed E-state index contributed by atoms with van der Waals surface area (Å²) in [4.78, 5) is 3.14. The van der Waals surface area contributed by atoms with Crippen molar-refractivity contribution in [2.24, 2.45) is 3.50 Å². The quantitative estimate of drug-likeness (QED) is 0.139. The SMILES string of the molecule is CC(C)c1cccc(C(C)C)c1[N]=[Mo]=[CH]C(C)(C)c1ccccc1.Cc1ccc(C)[nH]1.Oc1c(-c2ccccc2)c(-c2ccccc2)cc(-c2ccccc2)c1-c1ccccc1. The molecule has 0 saturated carbocycles. The van der Waals surface area contributed by atoms with Crippen LogP contribution in [0.4, 0.5) is 5.69 Å². The fraction of sp³-hybridized carbons (Fsp3) is 0.190. The van der Waals surface area contributed by atoms with Crippen LogP contribution in [0.1, 0.15) is 81.5 Å². The number of H-pyrrole nitrogens is 1. The number of nitrogens with zero attached hydrogens (tertiary/aromatic N) is 1. The average Bonchev–Trinajstić information content (AvgIpc) is 3.69. The summed E-state index contributed by atoms with van der Waals surface area (Å²) >= 11 is -0.553. The number of aromatic nitrogens is 1. The second-order valence-corrected chi connectivity index (χ2v) is 18.4. The van der Waals surface area contributed by atoms with Gasteiger partial charge in [-0.05, 0) is 65.4 Å². The summed E-state index contributed by atoms with van der Waals surface area (Å²) in [7, 11) is 0. The first-order valence-electron chi connectivity index (χ1n) is 21.6. The molecule has 0 unspecified atom stereocenters. The Labute approximate surface area is 378 Å². The third-order valence-electron chi connectivity index (χ3n) is 10.9. The van der Waals surface area contributed by atoms with Gasteiger partial charge in [0, 0.05) is 22.5 Å². The molecule has 0 amide bonds. The molecular formula is C58H60MoN2O. The Kier molecular flexibility index (Phi) is 15.9. The zero-order valence-corrected chi connectivity index (χ0v) is 39.4. The van der Waals surface area contributed by atoms with Crippen molar-refractivity contribution in [3.63, 3.8) is 0 Å². The molecule has 0 radical (unpaired) electrons. The molecule has 0 atom stereocenters. The summed E-state index contributed by atoms with van der Waals surface area (Å²) in [5.74, 6) is 1.33. The van der Waals surface area contributed by atoms with E-state index in [2.05, 4.69) is 166 Å². The Hall–Kier alpha value is -6.02. The smallest absolute Gasteiger partial charge is 0.132 e. The summed E-state index contributed by atoms with van der Waals surface area (Å²) in [5.41, 5.74) is 15.8. The van der Waals surface area contributed by atoms with Crippen molar-refractivity contribution in [2.75, 3.05) is 0 Å². The molecule has 0 saturated heterocycles. The van der Waals surface area contributed by atoms with Crippen LogP contribution in [0.15, 0.2) is 192 Å². The summed E-state index contributed by atoms with van der Waals surface area (Å²) < 4.78 is 7.59. The number of aryl methyl sites for hydroxylation is 2. The van der Waals surface area contributed by atoms with Crippen LogP contribution in [-0.2, 0) is 23.3 Å². The van der Waals surface area contributed by atoms with E-state index in [0.29, 0.717) is 17.6 Å². The maximum atomic E-state index is 11.8. The standard InChI is InChI=1S/C30H22O.C12H17N.C10H12.C6H9N.Mo/c31-30-28(24-17-9-3-10-18-24)26(22-13-5-1-6-14-22)21-27(23-15-7-2-8-16-23)29(30)25-19-11-4-12-20-25;1-8(2)10-6-5-7-11(9(3)4)12(10)13;1-10(2,3)9-7-5-4-6-8-9;1-5-3-4-6(2)7-5;/h1-21,31H;5-9H,1-4H3;1,4-8H,2-3H3;3-4,7H,1-2H3;. The average molecular weight is 897 g/mol. The topological polar surface area (TPSA) is 48.4 Å². The molecule has 3 nitrogen and oxygen atoms in total. The second kappa shape index (κ2) is 21.7. The molecule has 0 spiro atoms. The monoisotopic (exact) mass is 898 g/mol. The summed E-state index contributed by atoms with van der Waals surface area (Å²) in [6.07, 6.45) is 0. The van der Waals surface area contributed by atoms with Crippen molar-refractivity contribution >= 4 is 10.1 Å². The van der Waals surface area contributed by atoms with Crippen molar-refractivity contribution in [3.05, 3.63) is 216 Å². The third kappa shape index (κ3) is 11.7. The molecule has 0 aliphatic carbocycles. The Morgan fingerprint density at radius 1 is 0.500 bits per heavy atom. The number of phenols is 1. The third-order valence-corrected chi connectivity index (χ3v) is 13.3. The summed E-state index contributed by atoms with van der Waals surface area (Å²) in [5, 5.41) is 11.8. The molecule has 8 aromatic rings. The minimum atomic E-state index is -0.553. The van der Waals surface area contributed by atoms with Crippen LogP contribution < -0.4 is 0 Å². The van der Waals surface area contributed by atoms with Gasteiger partial charge in [-0.25, -0.2) is 0 Å². The van der Waals surface area contributed by atoms with E-state index in [0.717, 1.165) is 44.5 Å². The van der Waals surface area contributed by atoms with Gasteiger partial charge in [0.15, 0.2) is 0 Å². The number of aromatic amines is 1. The van der Waals surface area contributed by atoms with Crippen LogP contribution in [0.5, 0.6) is 5.75 Å². The van der Waals surface area contributed by atoms with E-state index in [1.54, 1.807) is 0 Å². The van der Waals surface area contributed by atoms with E-state index < -0.39 is 17.9 Å². The van der Waals surface area contributed by atoms with E-state index in [4.69, 9.17) is 3.50 Å². The number of hydrogen-bond donors (Lipinski definition) is 2. The molecule has 1 aromatic heterocycles. The number of rotatable bonds is 9. The Bertz CT molecular complexity index is 2550. The van der Waals surface area contributed by atoms with Gasteiger partial charge in [0.1, 0.15) is 5.75 Å². The molecule has 8 rings (SSSR count). The zero-order chi connectivity index (χ0) is 44.1. The van der Waals surface area contributed by atoms with Crippen LogP contribution >= 0.6 is 0 Å². The van der Waals surface area contributed by atoms with Crippen molar-refractivity contribution in [3.8, 4) is 50.3 Å². The maximum absolute atomic E-state index is 11.8. The van der Waals surface area contributed by atoms with Crippen LogP contribution in [0.2, 0.25) is 0 Å². The van der Waals surface area contributed by atoms with E-state index in [1.807, 2.05) is 86.6 Å². The van der Waals surface area contributed by atoms with Gasteiger partial charge in [-0.15, -0.1) is 0 Å². The summed E-state index contributed by atoms with van der Waals surface area (Å²) in [6, 6.07) is 64.6. The Morgan fingerprint density at radius 2 is 0.871 bits per heavy atom. The zero-order valence-electron chi connectivity index (χ0n) is 37.4. The normalized spacial score (nSPS) is 10.9. The van der Waals surface area contributed by atoms with Gasteiger partial charge in [-0.2, -0.15) is 0 Å². The predicted octanol–water partition coefficient (Wildman–Crippen LogP) is 16.3. The van der Waals surface area contributed by atoms with Gasteiger partial charge in [0.2, 0.25) is 0 Å². The molecule has 2 N–H and O–H groups in total. The van der Waals surface area contributed by atoms with Gasteiger partial charge in [-0.1, -0.05) is 121 Å². The van der Waals surface area contributed by atoms with Gasteiger partial charge < -0.3 is 10.1 Å². The van der Waals surface area contributed by atoms with Crippen LogP contribution in [0.25, 0.3) is 44.5 Å². The van der Waals surface area contributed by atoms with Crippen molar-refractivity contribution < 1.29 is 23.0 Å². The molecule has 0 bridgehead atoms. The van der Waals surface area contributed by atoms with E-state index in [1.165, 1.54) is 33.8 Å². The number of aromatic hydroxyl groups is 1. The van der Waals surface area contributed by atoms with E-state index in [9.17, 15) is 5.11 Å². The van der Waals surface area contributed by atoms with E-state index >= 15 is 0 Å². The second-order valence-electron chi connectivity index (χ2n) is 16.9. The Balaban J connectivity index is 0.000000183. The molecular weight excluding hydrogens is 837 g/mol. The van der Waals surface area contributed by atoms with E-state index in [-0.39, 0.29) is 5.41 Å². The molecule has 4 heteroatoms. The van der Waals surface area contributed by atoms with Crippen molar-refractivity contribution in [1.29, 1.82) is 0 Å². The number of hydrogen-bond acceptors (Lipinski definition) is 2. The van der Waals surface area contributed by atoms with Gasteiger partial charge in [-0.3, -0.25) is 0 Å². The van der Waals surface area contributed by atoms with Gasteiger partial charge in [0.05, 0.1) is 0 Å². The number of phenolic OH excluding ortho intramolecular Hbond substituents is 1. The fourth-order valence-corrected chi connectivity index (χ4v) is 9.45. The number of benzene rings is 7. The molecule has 62 heavy (non-hydrogen) atoms. The molecule has 1 heterocycles. The van der Waals surface area contributed by atoms with Gasteiger partial charge in [0.25, 0.3) is 0 Å². The first-order chi connectivity index (χ1) is 29.9. The minimum Gasteiger partial charge on any atom is -0.507 e. The van der Waals surface area contributed by atoms with Gasteiger partial charge >= 0.3 is 156 Å². The maximum Gasteiger partial charge on any atom is 0.132 e.